The van der Waals surface area contributed by atoms with Crippen LogP contribution in [0, 0.1) is 0 Å². The van der Waals surface area contributed by atoms with Crippen LogP contribution < -0.4 is 11.1 Å². The molecule has 7 nitrogen and oxygen atoms in total. The van der Waals surface area contributed by atoms with Gasteiger partial charge in [-0.15, -0.1) is 15.3 Å². The van der Waals surface area contributed by atoms with Gasteiger partial charge in [0.1, 0.15) is 11.6 Å². The zero-order chi connectivity index (χ0) is 15.6. The second-order valence-electron chi connectivity index (χ2n) is 4.97. The van der Waals surface area contributed by atoms with Crippen LogP contribution in [0.3, 0.4) is 0 Å². The second-order valence-corrected chi connectivity index (χ2v) is 5.75. The topological polar surface area (TPSA) is 94.0 Å². The van der Waals surface area contributed by atoms with Crippen LogP contribution in [-0.2, 0) is 6.54 Å². The molecule has 0 spiro atoms. The van der Waals surface area contributed by atoms with Crippen LogP contribution in [0.2, 0.25) is 0 Å². The number of fused-ring (bicyclic) bond motifs is 1. The Morgan fingerprint density at radius 3 is 2.87 bits per heavy atom. The molecule has 0 aliphatic carbocycles. The number of rotatable bonds is 4. The Hall–Kier alpha value is -3.00. The number of hydrogen-bond acceptors (Lipinski definition) is 7. The second kappa shape index (κ2) is 5.65. The summed E-state index contributed by atoms with van der Waals surface area (Å²) in [6.45, 7) is 0.613. The first-order valence-electron chi connectivity index (χ1n) is 6.99. The van der Waals surface area contributed by atoms with Crippen molar-refractivity contribution >= 4 is 28.6 Å². The predicted octanol–water partition coefficient (Wildman–Crippen LogP) is 2.44. The molecule has 3 N–H and O–H groups in total. The van der Waals surface area contributed by atoms with E-state index in [2.05, 4.69) is 25.6 Å². The average Bonchev–Trinajstić information content (AvgIpc) is 3.23. The fraction of sp³-hybridized carbons (Fsp3) is 0.0667. The summed E-state index contributed by atoms with van der Waals surface area (Å²) in [5, 5.41) is 20.2. The number of aromatic nitrogens is 5. The highest BCUT2D eigenvalue weighted by atomic mass is 32.1. The highest BCUT2D eigenvalue weighted by Crippen LogP contribution is 2.21. The van der Waals surface area contributed by atoms with Gasteiger partial charge in [0.05, 0.1) is 0 Å². The molecule has 0 saturated carbocycles. The Bertz CT molecular complexity index is 928. The van der Waals surface area contributed by atoms with E-state index in [1.54, 1.807) is 28.1 Å². The normalized spacial score (nSPS) is 11.0. The van der Waals surface area contributed by atoms with Crippen molar-refractivity contribution < 1.29 is 0 Å². The van der Waals surface area contributed by atoms with Crippen molar-refractivity contribution in [2.45, 2.75) is 6.54 Å². The Morgan fingerprint density at radius 2 is 2.09 bits per heavy atom. The van der Waals surface area contributed by atoms with E-state index in [1.165, 1.54) is 0 Å². The van der Waals surface area contributed by atoms with Crippen LogP contribution in [0.5, 0.6) is 0 Å². The van der Waals surface area contributed by atoms with E-state index in [0.717, 1.165) is 22.8 Å². The van der Waals surface area contributed by atoms with Gasteiger partial charge in [0.25, 0.3) is 0 Å². The van der Waals surface area contributed by atoms with Gasteiger partial charge in [0.15, 0.2) is 11.5 Å². The number of thiophene rings is 1. The van der Waals surface area contributed by atoms with Gasteiger partial charge in [-0.2, -0.15) is 15.9 Å². The van der Waals surface area contributed by atoms with Gasteiger partial charge in [0.2, 0.25) is 0 Å². The molecule has 114 valence electrons. The van der Waals surface area contributed by atoms with Crippen LogP contribution in [-0.4, -0.2) is 24.8 Å². The molecule has 0 saturated heterocycles. The minimum atomic E-state index is 0.512. The molecule has 0 radical (unpaired) electrons. The van der Waals surface area contributed by atoms with Crippen LogP contribution in [0.1, 0.15) is 5.56 Å². The zero-order valence-electron chi connectivity index (χ0n) is 12.0. The molecule has 0 aliphatic heterocycles. The molecule has 23 heavy (non-hydrogen) atoms. The third-order valence-electron chi connectivity index (χ3n) is 3.36. The number of nitrogens with one attached hydrogen (secondary N) is 1. The van der Waals surface area contributed by atoms with Gasteiger partial charge in [-0.1, -0.05) is 6.07 Å². The smallest absolute Gasteiger partial charge is 0.186 e. The fourth-order valence-corrected chi connectivity index (χ4v) is 2.82. The summed E-state index contributed by atoms with van der Waals surface area (Å²) >= 11 is 1.62. The molecule has 8 heteroatoms. The lowest BCUT2D eigenvalue weighted by Gasteiger charge is -2.06. The van der Waals surface area contributed by atoms with Crippen molar-refractivity contribution in [3.8, 4) is 11.4 Å². The lowest BCUT2D eigenvalue weighted by atomic mass is 10.3. The number of hydrogen-bond donors (Lipinski definition) is 2. The van der Waals surface area contributed by atoms with Crippen LogP contribution in [0.25, 0.3) is 17.0 Å². The molecule has 4 aromatic heterocycles. The van der Waals surface area contributed by atoms with E-state index in [0.29, 0.717) is 18.0 Å². The van der Waals surface area contributed by atoms with E-state index in [-0.39, 0.29) is 0 Å². The van der Waals surface area contributed by atoms with Crippen LogP contribution >= 0.6 is 11.3 Å². The number of anilines is 2. The van der Waals surface area contributed by atoms with Gasteiger partial charge in [0, 0.05) is 23.7 Å². The summed E-state index contributed by atoms with van der Waals surface area (Å²) in [6.07, 6.45) is 1.75. The van der Waals surface area contributed by atoms with Gasteiger partial charge >= 0.3 is 0 Å². The summed E-state index contributed by atoms with van der Waals surface area (Å²) in [5.74, 6) is 1.99. The molecule has 4 rings (SSSR count). The predicted molar refractivity (Wildman–Crippen MR) is 90.1 cm³/mol. The van der Waals surface area contributed by atoms with Crippen molar-refractivity contribution in [1.29, 1.82) is 0 Å². The van der Waals surface area contributed by atoms with Crippen molar-refractivity contribution in [3.63, 3.8) is 0 Å². The summed E-state index contributed by atoms with van der Waals surface area (Å²) in [4.78, 5) is 4.07. The summed E-state index contributed by atoms with van der Waals surface area (Å²) in [7, 11) is 0. The third-order valence-corrected chi connectivity index (χ3v) is 4.05. The molecule has 0 unspecified atom stereocenters. The zero-order valence-corrected chi connectivity index (χ0v) is 12.9. The molecule has 0 aromatic carbocycles. The van der Waals surface area contributed by atoms with E-state index < -0.39 is 0 Å². The largest absolute Gasteiger partial charge is 0.384 e. The van der Waals surface area contributed by atoms with Crippen molar-refractivity contribution in [2.75, 3.05) is 11.1 Å². The number of nitrogens with zero attached hydrogens (tertiary/aromatic N) is 5. The quantitative estimate of drug-likeness (QED) is 0.599. The average molecular weight is 323 g/mol. The minimum absolute atomic E-state index is 0.512. The molecular formula is C15H13N7S. The summed E-state index contributed by atoms with van der Waals surface area (Å²) < 4.78 is 1.74. The summed E-state index contributed by atoms with van der Waals surface area (Å²) in [6, 6.07) is 9.49. The number of nitrogen functional groups attached to an aromatic ring is 1. The number of pyridine rings is 1. The lowest BCUT2D eigenvalue weighted by Crippen LogP contribution is -2.05. The van der Waals surface area contributed by atoms with Crippen molar-refractivity contribution in [1.82, 2.24) is 24.8 Å². The number of nitrogens with two attached hydrogens (primary N) is 1. The Balaban J connectivity index is 1.60. The standard InChI is InChI=1S/C15H13N7S/c16-12-2-1-10(7-17-12)8-18-13-3-4-14-19-20-15(22(14)21-13)11-5-6-23-9-11/h1-7,9H,8H2,(H2,16,17)(H,18,21). The van der Waals surface area contributed by atoms with E-state index in [9.17, 15) is 0 Å². The van der Waals surface area contributed by atoms with Gasteiger partial charge in [-0.05, 0) is 35.2 Å². The molecule has 0 bridgehead atoms. The molecule has 4 aromatic rings. The summed E-state index contributed by atoms with van der Waals surface area (Å²) in [5.41, 5.74) is 8.34. The molecule has 0 amide bonds. The van der Waals surface area contributed by atoms with E-state index >= 15 is 0 Å². The molecule has 0 aliphatic rings. The third kappa shape index (κ3) is 2.71. The lowest BCUT2D eigenvalue weighted by molar-refractivity contribution is 0.925. The monoisotopic (exact) mass is 323 g/mol. The minimum Gasteiger partial charge on any atom is -0.384 e. The first-order valence-corrected chi connectivity index (χ1v) is 7.93. The van der Waals surface area contributed by atoms with Crippen LogP contribution in [0.4, 0.5) is 11.6 Å². The highest BCUT2D eigenvalue weighted by Gasteiger charge is 2.10. The molecule has 4 heterocycles. The Morgan fingerprint density at radius 1 is 1.13 bits per heavy atom. The Labute approximate surface area is 135 Å². The molecule has 0 atom stereocenters. The van der Waals surface area contributed by atoms with E-state index in [1.807, 2.05) is 35.0 Å². The highest BCUT2D eigenvalue weighted by molar-refractivity contribution is 7.08. The maximum Gasteiger partial charge on any atom is 0.186 e. The first kappa shape index (κ1) is 13.6. The SMILES string of the molecule is Nc1ccc(CNc2ccc3nnc(-c4ccsc4)n3n2)cn1. The van der Waals surface area contributed by atoms with Crippen molar-refractivity contribution in [3.05, 3.63) is 52.9 Å². The maximum atomic E-state index is 5.59. The van der Waals surface area contributed by atoms with E-state index in [4.69, 9.17) is 5.73 Å². The fourth-order valence-electron chi connectivity index (χ4n) is 2.19. The van der Waals surface area contributed by atoms with Crippen LogP contribution in [0.15, 0.2) is 47.3 Å². The first-order chi connectivity index (χ1) is 11.3. The van der Waals surface area contributed by atoms with Gasteiger partial charge < -0.3 is 11.1 Å². The molecule has 0 fully saturated rings. The maximum absolute atomic E-state index is 5.59. The van der Waals surface area contributed by atoms with Crippen molar-refractivity contribution in [2.24, 2.45) is 0 Å². The van der Waals surface area contributed by atoms with Gasteiger partial charge in [-0.3, -0.25) is 0 Å². The van der Waals surface area contributed by atoms with Gasteiger partial charge in [-0.25, -0.2) is 4.98 Å². The Kier molecular flexibility index (Phi) is 3.35. The molecular weight excluding hydrogens is 310 g/mol.